The van der Waals surface area contributed by atoms with Gasteiger partial charge in [-0.25, -0.2) is 12.8 Å². The van der Waals surface area contributed by atoms with E-state index in [-0.39, 0.29) is 16.6 Å². The Kier molecular flexibility index (Phi) is 5.83. The number of piperidine rings is 1. The number of benzene rings is 2. The fourth-order valence-electron chi connectivity index (χ4n) is 3.53. The van der Waals surface area contributed by atoms with Crippen LogP contribution in [0.2, 0.25) is 0 Å². The Morgan fingerprint density at radius 1 is 1.10 bits per heavy atom. The van der Waals surface area contributed by atoms with Gasteiger partial charge in [-0.15, -0.1) is 10.2 Å². The molecule has 0 aliphatic carbocycles. The lowest BCUT2D eigenvalue weighted by Gasteiger charge is -2.30. The SMILES string of the molecule is CCOc1ccccc1S(=O)(=O)N1CCC(c2nnc(-c3ccc(F)cc3)o2)CC1. The summed E-state index contributed by atoms with van der Waals surface area (Å²) < 4.78 is 52.0. The molecule has 9 heteroatoms. The summed E-state index contributed by atoms with van der Waals surface area (Å²) in [5.74, 6) is 0.799. The molecule has 1 aliphatic heterocycles. The van der Waals surface area contributed by atoms with Gasteiger partial charge in [0, 0.05) is 24.6 Å². The molecule has 1 aliphatic rings. The maximum atomic E-state index is 13.1. The predicted molar refractivity (Wildman–Crippen MR) is 108 cm³/mol. The van der Waals surface area contributed by atoms with E-state index in [9.17, 15) is 12.8 Å². The second-order valence-corrected chi connectivity index (χ2v) is 8.92. The fraction of sp³-hybridized carbons (Fsp3) is 0.333. The first-order valence-electron chi connectivity index (χ1n) is 9.80. The van der Waals surface area contributed by atoms with E-state index in [1.165, 1.54) is 16.4 Å². The fourth-order valence-corrected chi connectivity index (χ4v) is 5.13. The maximum absolute atomic E-state index is 13.1. The van der Waals surface area contributed by atoms with Crippen LogP contribution in [0.15, 0.2) is 57.8 Å². The summed E-state index contributed by atoms with van der Waals surface area (Å²) >= 11 is 0. The Hall–Kier alpha value is -2.78. The summed E-state index contributed by atoms with van der Waals surface area (Å²) in [7, 11) is -3.66. The average Bonchev–Trinajstić information content (AvgIpc) is 3.25. The Bertz CT molecular complexity index is 1110. The molecule has 0 atom stereocenters. The highest BCUT2D eigenvalue weighted by Gasteiger charge is 2.33. The Morgan fingerprint density at radius 2 is 1.80 bits per heavy atom. The van der Waals surface area contributed by atoms with Gasteiger partial charge in [0.1, 0.15) is 16.5 Å². The minimum Gasteiger partial charge on any atom is -0.492 e. The minimum atomic E-state index is -3.66. The zero-order chi connectivity index (χ0) is 21.1. The molecule has 0 saturated carbocycles. The molecule has 4 rings (SSSR count). The van der Waals surface area contributed by atoms with Crippen molar-refractivity contribution in [3.63, 3.8) is 0 Å². The molecule has 30 heavy (non-hydrogen) atoms. The van der Waals surface area contributed by atoms with E-state index in [1.54, 1.807) is 36.4 Å². The van der Waals surface area contributed by atoms with Gasteiger partial charge in [-0.1, -0.05) is 12.1 Å². The van der Waals surface area contributed by atoms with Crippen LogP contribution in [0, 0.1) is 5.82 Å². The molecule has 1 aromatic heterocycles. The minimum absolute atomic E-state index is 0.0275. The topological polar surface area (TPSA) is 85.5 Å². The van der Waals surface area contributed by atoms with Crippen LogP contribution >= 0.6 is 0 Å². The van der Waals surface area contributed by atoms with Crippen molar-refractivity contribution in [1.29, 1.82) is 0 Å². The number of nitrogens with zero attached hydrogens (tertiary/aromatic N) is 3. The number of hydrogen-bond donors (Lipinski definition) is 0. The lowest BCUT2D eigenvalue weighted by molar-refractivity contribution is 0.288. The van der Waals surface area contributed by atoms with Crippen molar-refractivity contribution in [2.75, 3.05) is 19.7 Å². The van der Waals surface area contributed by atoms with Gasteiger partial charge in [0.2, 0.25) is 21.8 Å². The highest BCUT2D eigenvalue weighted by Crippen LogP contribution is 2.33. The summed E-state index contributed by atoms with van der Waals surface area (Å²) in [6.45, 7) is 2.91. The Morgan fingerprint density at radius 3 is 2.50 bits per heavy atom. The van der Waals surface area contributed by atoms with Gasteiger partial charge < -0.3 is 9.15 Å². The van der Waals surface area contributed by atoms with Crippen LogP contribution in [0.4, 0.5) is 4.39 Å². The number of para-hydroxylation sites is 1. The summed E-state index contributed by atoms with van der Waals surface area (Å²) in [4.78, 5) is 0.182. The summed E-state index contributed by atoms with van der Waals surface area (Å²) in [5.41, 5.74) is 0.641. The van der Waals surface area contributed by atoms with Gasteiger partial charge >= 0.3 is 0 Å². The monoisotopic (exact) mass is 431 g/mol. The largest absolute Gasteiger partial charge is 0.492 e. The first kappa shape index (κ1) is 20.5. The van der Waals surface area contributed by atoms with Gasteiger partial charge in [-0.2, -0.15) is 4.31 Å². The van der Waals surface area contributed by atoms with Crippen molar-refractivity contribution < 1.29 is 22.0 Å². The second kappa shape index (κ2) is 8.53. The molecular weight excluding hydrogens is 409 g/mol. The quantitative estimate of drug-likeness (QED) is 0.589. The molecule has 2 heterocycles. The first-order valence-corrected chi connectivity index (χ1v) is 11.2. The van der Waals surface area contributed by atoms with Crippen LogP contribution in [0.25, 0.3) is 11.5 Å². The van der Waals surface area contributed by atoms with Crippen LogP contribution in [0.1, 0.15) is 31.6 Å². The lowest BCUT2D eigenvalue weighted by Crippen LogP contribution is -2.38. The van der Waals surface area contributed by atoms with E-state index in [2.05, 4.69) is 10.2 Å². The van der Waals surface area contributed by atoms with Crippen molar-refractivity contribution >= 4 is 10.0 Å². The third-order valence-corrected chi connectivity index (χ3v) is 7.04. The standard InChI is InChI=1S/C21H22FN3O4S/c1-2-28-18-5-3-4-6-19(18)30(26,27)25-13-11-16(12-14-25)21-24-23-20(29-21)15-7-9-17(22)10-8-15/h3-10,16H,2,11-14H2,1H3. The summed E-state index contributed by atoms with van der Waals surface area (Å²) in [6, 6.07) is 12.5. The van der Waals surface area contributed by atoms with Gasteiger partial charge in [-0.05, 0) is 56.2 Å². The molecule has 0 radical (unpaired) electrons. The summed E-state index contributed by atoms with van der Waals surface area (Å²) in [6.07, 6.45) is 1.14. The molecule has 7 nitrogen and oxygen atoms in total. The highest BCUT2D eigenvalue weighted by atomic mass is 32.2. The van der Waals surface area contributed by atoms with Crippen LogP contribution in [-0.4, -0.2) is 42.6 Å². The predicted octanol–water partition coefficient (Wildman–Crippen LogP) is 3.84. The average molecular weight is 431 g/mol. The highest BCUT2D eigenvalue weighted by molar-refractivity contribution is 7.89. The van der Waals surface area contributed by atoms with Crippen LogP contribution in [0.3, 0.4) is 0 Å². The molecule has 0 bridgehead atoms. The van der Waals surface area contributed by atoms with Gasteiger partial charge in [0.25, 0.3) is 0 Å². The molecule has 0 N–H and O–H groups in total. The van der Waals surface area contributed by atoms with E-state index in [0.717, 1.165) is 0 Å². The lowest BCUT2D eigenvalue weighted by atomic mass is 9.98. The molecule has 3 aromatic rings. The number of hydrogen-bond acceptors (Lipinski definition) is 6. The second-order valence-electron chi connectivity index (χ2n) is 7.01. The van der Waals surface area contributed by atoms with Gasteiger partial charge in [0.05, 0.1) is 6.61 Å². The van der Waals surface area contributed by atoms with Crippen LogP contribution in [0.5, 0.6) is 5.75 Å². The van der Waals surface area contributed by atoms with E-state index < -0.39 is 10.0 Å². The molecule has 0 spiro atoms. The van der Waals surface area contributed by atoms with Crippen LogP contribution in [-0.2, 0) is 10.0 Å². The zero-order valence-corrected chi connectivity index (χ0v) is 17.3. The zero-order valence-electron chi connectivity index (χ0n) is 16.5. The summed E-state index contributed by atoms with van der Waals surface area (Å²) in [5, 5.41) is 8.18. The number of aromatic nitrogens is 2. The number of halogens is 1. The van der Waals surface area contributed by atoms with E-state index >= 15 is 0 Å². The molecule has 1 fully saturated rings. The molecule has 0 unspecified atom stereocenters. The van der Waals surface area contributed by atoms with Gasteiger partial charge in [-0.3, -0.25) is 0 Å². The molecule has 2 aromatic carbocycles. The number of sulfonamides is 1. The van der Waals surface area contributed by atoms with Crippen molar-refractivity contribution in [3.05, 3.63) is 60.2 Å². The Labute approximate surface area is 174 Å². The maximum Gasteiger partial charge on any atom is 0.247 e. The molecule has 1 saturated heterocycles. The third kappa shape index (κ3) is 4.08. The van der Waals surface area contributed by atoms with E-state index in [1.807, 2.05) is 6.92 Å². The van der Waals surface area contributed by atoms with Crippen molar-refractivity contribution in [2.24, 2.45) is 0 Å². The van der Waals surface area contributed by atoms with E-state index in [4.69, 9.17) is 9.15 Å². The van der Waals surface area contributed by atoms with Crippen LogP contribution < -0.4 is 4.74 Å². The third-order valence-electron chi connectivity index (χ3n) is 5.10. The smallest absolute Gasteiger partial charge is 0.247 e. The van der Waals surface area contributed by atoms with Gasteiger partial charge in [0.15, 0.2) is 0 Å². The molecule has 0 amide bonds. The number of rotatable bonds is 6. The van der Waals surface area contributed by atoms with E-state index in [0.29, 0.717) is 55.6 Å². The molecular formula is C21H22FN3O4S. The Balaban J connectivity index is 1.46. The van der Waals surface area contributed by atoms with Crippen molar-refractivity contribution in [1.82, 2.24) is 14.5 Å². The van der Waals surface area contributed by atoms with Crippen molar-refractivity contribution in [2.45, 2.75) is 30.6 Å². The molecule has 158 valence electrons. The normalized spacial score (nSPS) is 15.9. The number of ether oxygens (including phenoxy) is 1. The first-order chi connectivity index (χ1) is 14.5. The van der Waals surface area contributed by atoms with Crippen molar-refractivity contribution in [3.8, 4) is 17.2 Å².